The van der Waals surface area contributed by atoms with Crippen LogP contribution < -0.4 is 5.73 Å². The van der Waals surface area contributed by atoms with Crippen LogP contribution in [0.15, 0.2) is 51.5 Å². The second-order valence-corrected chi connectivity index (χ2v) is 5.49. The van der Waals surface area contributed by atoms with E-state index in [4.69, 9.17) is 15.2 Å². The number of esters is 1. The summed E-state index contributed by atoms with van der Waals surface area (Å²) in [6.07, 6.45) is 0. The Balaban J connectivity index is 2.65. The number of rotatable bonds is 3. The third kappa shape index (κ3) is 2.85. The Hall–Kier alpha value is -2.26. The first-order valence-corrected chi connectivity index (χ1v) is 7.50. The molecule has 2 rings (SSSR count). The number of allylic oxidation sites excluding steroid dienone is 2. The molecule has 0 aliphatic carbocycles. The summed E-state index contributed by atoms with van der Waals surface area (Å²) in [5, 5.41) is 9.44. The molecule has 0 bridgehead atoms. The molecule has 0 saturated carbocycles. The minimum atomic E-state index is -0.617. The van der Waals surface area contributed by atoms with Gasteiger partial charge in [0.2, 0.25) is 5.88 Å². The van der Waals surface area contributed by atoms with Gasteiger partial charge in [0.25, 0.3) is 0 Å². The van der Waals surface area contributed by atoms with Crippen LogP contribution in [-0.4, -0.2) is 12.6 Å². The van der Waals surface area contributed by atoms with Crippen molar-refractivity contribution in [2.24, 2.45) is 5.73 Å². The van der Waals surface area contributed by atoms with E-state index in [1.165, 1.54) is 0 Å². The van der Waals surface area contributed by atoms with Gasteiger partial charge in [-0.2, -0.15) is 5.26 Å². The van der Waals surface area contributed by atoms with Gasteiger partial charge in [0, 0.05) is 4.47 Å². The van der Waals surface area contributed by atoms with Crippen molar-refractivity contribution < 1.29 is 14.3 Å². The van der Waals surface area contributed by atoms with Crippen molar-refractivity contribution in [2.45, 2.75) is 19.8 Å². The maximum Gasteiger partial charge on any atom is 0.338 e. The molecule has 22 heavy (non-hydrogen) atoms. The summed E-state index contributed by atoms with van der Waals surface area (Å²) >= 11 is 3.46. The summed E-state index contributed by atoms with van der Waals surface area (Å²) in [5.74, 6) is -0.779. The van der Waals surface area contributed by atoms with E-state index in [0.717, 1.165) is 10.0 Å². The SMILES string of the molecule is CCOC(=O)C1=C(C)OC(N)=C(C#N)[C@H]1c1ccccc1Br. The van der Waals surface area contributed by atoms with Crippen LogP contribution in [-0.2, 0) is 14.3 Å². The maximum atomic E-state index is 12.3. The van der Waals surface area contributed by atoms with E-state index in [1.807, 2.05) is 30.3 Å². The molecule has 0 radical (unpaired) electrons. The van der Waals surface area contributed by atoms with Crippen molar-refractivity contribution >= 4 is 21.9 Å². The van der Waals surface area contributed by atoms with Gasteiger partial charge in [0.1, 0.15) is 17.4 Å². The highest BCUT2D eigenvalue weighted by Crippen LogP contribution is 2.41. The van der Waals surface area contributed by atoms with E-state index in [1.54, 1.807) is 13.8 Å². The number of benzene rings is 1. The number of hydrogen-bond acceptors (Lipinski definition) is 5. The number of ether oxygens (including phenoxy) is 2. The molecule has 0 aromatic heterocycles. The van der Waals surface area contributed by atoms with E-state index in [0.29, 0.717) is 11.3 Å². The van der Waals surface area contributed by atoms with Gasteiger partial charge in [-0.3, -0.25) is 0 Å². The molecule has 6 heteroatoms. The quantitative estimate of drug-likeness (QED) is 0.835. The average molecular weight is 363 g/mol. The molecule has 0 amide bonds. The lowest BCUT2D eigenvalue weighted by Gasteiger charge is -2.27. The first-order chi connectivity index (χ1) is 10.5. The first kappa shape index (κ1) is 16.1. The minimum Gasteiger partial charge on any atom is -0.463 e. The van der Waals surface area contributed by atoms with Crippen molar-refractivity contribution in [3.05, 3.63) is 57.1 Å². The predicted molar refractivity (Wildman–Crippen MR) is 84.1 cm³/mol. The van der Waals surface area contributed by atoms with Crippen LogP contribution >= 0.6 is 15.9 Å². The van der Waals surface area contributed by atoms with Gasteiger partial charge in [-0.15, -0.1) is 0 Å². The van der Waals surface area contributed by atoms with Crippen LogP contribution in [0.1, 0.15) is 25.3 Å². The molecular formula is C16H15BrN2O3. The molecule has 1 aromatic carbocycles. The standard InChI is InChI=1S/C16H15BrN2O3/c1-3-21-16(20)13-9(2)22-15(19)11(8-18)14(13)10-6-4-5-7-12(10)17/h4-7,14H,3,19H2,1-2H3/t14-/m1/s1. The zero-order chi connectivity index (χ0) is 16.3. The highest BCUT2D eigenvalue weighted by atomic mass is 79.9. The molecule has 2 N–H and O–H groups in total. The smallest absolute Gasteiger partial charge is 0.338 e. The fourth-order valence-corrected chi connectivity index (χ4v) is 2.89. The lowest BCUT2D eigenvalue weighted by molar-refractivity contribution is -0.139. The Morgan fingerprint density at radius 3 is 2.77 bits per heavy atom. The average Bonchev–Trinajstić information content (AvgIpc) is 2.47. The zero-order valence-corrected chi connectivity index (χ0v) is 13.8. The number of nitrogens with zero attached hydrogens (tertiary/aromatic N) is 1. The predicted octanol–water partition coefficient (Wildman–Crippen LogP) is 3.09. The fourth-order valence-electron chi connectivity index (χ4n) is 2.38. The Kier molecular flexibility index (Phi) is 4.88. The Labute approximate surface area is 137 Å². The van der Waals surface area contributed by atoms with Crippen LogP contribution in [0.2, 0.25) is 0 Å². The second-order valence-electron chi connectivity index (χ2n) is 4.64. The summed E-state index contributed by atoms with van der Waals surface area (Å²) in [6.45, 7) is 3.59. The van der Waals surface area contributed by atoms with Crippen molar-refractivity contribution in [1.29, 1.82) is 5.26 Å². The van der Waals surface area contributed by atoms with Crippen LogP contribution in [0.4, 0.5) is 0 Å². The second kappa shape index (κ2) is 6.67. The van der Waals surface area contributed by atoms with Gasteiger partial charge < -0.3 is 15.2 Å². The van der Waals surface area contributed by atoms with Gasteiger partial charge in [-0.05, 0) is 25.5 Å². The highest BCUT2D eigenvalue weighted by molar-refractivity contribution is 9.10. The number of hydrogen-bond donors (Lipinski definition) is 1. The van der Waals surface area contributed by atoms with Crippen molar-refractivity contribution in [1.82, 2.24) is 0 Å². The highest BCUT2D eigenvalue weighted by Gasteiger charge is 2.37. The summed E-state index contributed by atoms with van der Waals surface area (Å²) in [4.78, 5) is 12.3. The van der Waals surface area contributed by atoms with Crippen LogP contribution in [0.3, 0.4) is 0 Å². The molecule has 5 nitrogen and oxygen atoms in total. The molecule has 114 valence electrons. The van der Waals surface area contributed by atoms with E-state index in [2.05, 4.69) is 15.9 Å². The van der Waals surface area contributed by atoms with Crippen LogP contribution in [0.25, 0.3) is 0 Å². The Morgan fingerprint density at radius 1 is 1.50 bits per heavy atom. The number of halogens is 1. The van der Waals surface area contributed by atoms with Gasteiger partial charge in [0.05, 0.1) is 18.1 Å². The summed E-state index contributed by atoms with van der Waals surface area (Å²) < 4.78 is 11.2. The van der Waals surface area contributed by atoms with E-state index < -0.39 is 11.9 Å². The topological polar surface area (TPSA) is 85.3 Å². The molecule has 0 fully saturated rings. The number of nitrogens with two attached hydrogens (primary N) is 1. The summed E-state index contributed by atoms with van der Waals surface area (Å²) in [5.41, 5.74) is 7.07. The minimum absolute atomic E-state index is 0.00815. The lowest BCUT2D eigenvalue weighted by Crippen LogP contribution is -2.25. The molecule has 1 aliphatic rings. The lowest BCUT2D eigenvalue weighted by atomic mass is 9.83. The molecule has 0 saturated heterocycles. The van der Waals surface area contributed by atoms with Crippen LogP contribution in [0.5, 0.6) is 0 Å². The number of carbonyl (C=O) groups excluding carboxylic acids is 1. The first-order valence-electron chi connectivity index (χ1n) is 6.71. The molecule has 0 unspecified atom stereocenters. The van der Waals surface area contributed by atoms with Gasteiger partial charge >= 0.3 is 5.97 Å². The van der Waals surface area contributed by atoms with E-state index in [9.17, 15) is 10.1 Å². The number of carbonyl (C=O) groups is 1. The normalized spacial score (nSPS) is 17.8. The molecule has 1 aliphatic heterocycles. The van der Waals surface area contributed by atoms with Crippen molar-refractivity contribution in [3.8, 4) is 6.07 Å². The Morgan fingerprint density at radius 2 is 2.18 bits per heavy atom. The third-order valence-electron chi connectivity index (χ3n) is 3.32. The van der Waals surface area contributed by atoms with Gasteiger partial charge in [-0.25, -0.2) is 4.79 Å². The van der Waals surface area contributed by atoms with Crippen molar-refractivity contribution in [3.63, 3.8) is 0 Å². The summed E-state index contributed by atoms with van der Waals surface area (Å²) in [7, 11) is 0. The van der Waals surface area contributed by atoms with Crippen molar-refractivity contribution in [2.75, 3.05) is 6.61 Å². The summed E-state index contributed by atoms with van der Waals surface area (Å²) in [6, 6.07) is 9.40. The molecule has 1 aromatic rings. The monoisotopic (exact) mass is 362 g/mol. The van der Waals surface area contributed by atoms with E-state index >= 15 is 0 Å². The number of nitriles is 1. The maximum absolute atomic E-state index is 12.3. The van der Waals surface area contributed by atoms with Gasteiger partial charge in [-0.1, -0.05) is 34.1 Å². The molecule has 1 heterocycles. The fraction of sp³-hybridized carbons (Fsp3) is 0.250. The van der Waals surface area contributed by atoms with E-state index in [-0.39, 0.29) is 18.1 Å². The third-order valence-corrected chi connectivity index (χ3v) is 4.04. The van der Waals surface area contributed by atoms with Crippen LogP contribution in [0, 0.1) is 11.3 Å². The molecular weight excluding hydrogens is 348 g/mol. The largest absolute Gasteiger partial charge is 0.463 e. The van der Waals surface area contributed by atoms with Gasteiger partial charge in [0.15, 0.2) is 0 Å². The Bertz CT molecular complexity index is 716. The zero-order valence-electron chi connectivity index (χ0n) is 12.2. The molecule has 0 spiro atoms. The molecule has 1 atom stereocenters.